The Bertz CT molecular complexity index is 432. The lowest BCUT2D eigenvalue weighted by atomic mass is 10.1. The van der Waals surface area contributed by atoms with E-state index >= 15 is 0 Å². The average Bonchev–Trinajstić information content (AvgIpc) is 2.26. The molecule has 0 spiro atoms. The zero-order valence-corrected chi connectivity index (χ0v) is 8.68. The van der Waals surface area contributed by atoms with Crippen molar-refractivity contribution < 1.29 is 4.39 Å². The summed E-state index contributed by atoms with van der Waals surface area (Å²) in [5.41, 5.74) is 0.751. The first-order valence-electron chi connectivity index (χ1n) is 4.96. The van der Waals surface area contributed by atoms with E-state index in [1.165, 1.54) is 12.1 Å². The average molecular weight is 201 g/mol. The summed E-state index contributed by atoms with van der Waals surface area (Å²) in [5, 5.41) is 8.61. The third-order valence-corrected chi connectivity index (χ3v) is 1.97. The van der Waals surface area contributed by atoms with Crippen LogP contribution in [0, 0.1) is 29.0 Å². The smallest absolute Gasteiger partial charge is 0.141 e. The van der Waals surface area contributed by atoms with Crippen molar-refractivity contribution in [2.24, 2.45) is 0 Å². The Morgan fingerprint density at radius 1 is 1.40 bits per heavy atom. The molecular weight excluding hydrogens is 189 g/mol. The molecule has 0 aliphatic rings. The molecule has 0 N–H and O–H groups in total. The van der Waals surface area contributed by atoms with Crippen LogP contribution in [0.15, 0.2) is 18.2 Å². The van der Waals surface area contributed by atoms with E-state index in [2.05, 4.69) is 18.8 Å². The summed E-state index contributed by atoms with van der Waals surface area (Å²) >= 11 is 0. The number of nitrogens with zero attached hydrogens (tertiary/aromatic N) is 1. The number of hydrogen-bond donors (Lipinski definition) is 0. The van der Waals surface area contributed by atoms with Gasteiger partial charge in [-0.05, 0) is 24.6 Å². The second-order valence-corrected chi connectivity index (χ2v) is 3.21. The van der Waals surface area contributed by atoms with Gasteiger partial charge in [0, 0.05) is 12.0 Å². The van der Waals surface area contributed by atoms with E-state index < -0.39 is 5.82 Å². The summed E-state index contributed by atoms with van der Waals surface area (Å²) in [6, 6.07) is 6.15. The van der Waals surface area contributed by atoms with Crippen LogP contribution in [0.2, 0.25) is 0 Å². The molecule has 0 atom stereocenters. The highest BCUT2D eigenvalue weighted by Crippen LogP contribution is 2.08. The fourth-order valence-electron chi connectivity index (χ4n) is 1.12. The maximum atomic E-state index is 12.9. The highest BCUT2D eigenvalue weighted by atomic mass is 19.1. The van der Waals surface area contributed by atoms with Crippen LogP contribution in [0.1, 0.15) is 37.3 Å². The fourth-order valence-corrected chi connectivity index (χ4v) is 1.12. The summed E-state index contributed by atoms with van der Waals surface area (Å²) in [5.74, 6) is 5.42. The summed E-state index contributed by atoms with van der Waals surface area (Å²) in [4.78, 5) is 0. The van der Waals surface area contributed by atoms with E-state index in [9.17, 15) is 4.39 Å². The predicted molar refractivity (Wildman–Crippen MR) is 57.5 cm³/mol. The Morgan fingerprint density at radius 2 is 2.20 bits per heavy atom. The van der Waals surface area contributed by atoms with Gasteiger partial charge in [0.05, 0.1) is 5.56 Å². The third-order valence-electron chi connectivity index (χ3n) is 1.97. The number of rotatable bonds is 2. The standard InChI is InChI=1S/C13H12FN/c1-2-3-4-5-6-11-7-8-13(14)12(9-11)10-15/h7-9H,2-4H2,1H3. The molecule has 0 fully saturated rings. The van der Waals surface area contributed by atoms with Gasteiger partial charge in [-0.2, -0.15) is 5.26 Å². The number of benzene rings is 1. The minimum atomic E-state index is -0.489. The number of hydrogen-bond acceptors (Lipinski definition) is 1. The maximum Gasteiger partial charge on any atom is 0.141 e. The van der Waals surface area contributed by atoms with Gasteiger partial charge in [0.25, 0.3) is 0 Å². The van der Waals surface area contributed by atoms with Crippen molar-refractivity contribution in [1.82, 2.24) is 0 Å². The van der Waals surface area contributed by atoms with Gasteiger partial charge < -0.3 is 0 Å². The van der Waals surface area contributed by atoms with E-state index in [-0.39, 0.29) is 5.56 Å². The molecule has 15 heavy (non-hydrogen) atoms. The van der Waals surface area contributed by atoms with Gasteiger partial charge in [0.15, 0.2) is 0 Å². The second-order valence-electron chi connectivity index (χ2n) is 3.21. The molecule has 0 aliphatic heterocycles. The molecular formula is C13H12FN. The monoisotopic (exact) mass is 201 g/mol. The summed E-state index contributed by atoms with van der Waals surface area (Å²) in [6.45, 7) is 2.10. The Kier molecular flexibility index (Phi) is 4.38. The molecule has 0 amide bonds. The summed E-state index contributed by atoms with van der Waals surface area (Å²) < 4.78 is 12.9. The first-order valence-corrected chi connectivity index (χ1v) is 4.96. The topological polar surface area (TPSA) is 23.8 Å². The van der Waals surface area contributed by atoms with Gasteiger partial charge in [-0.3, -0.25) is 0 Å². The molecule has 0 saturated heterocycles. The highest BCUT2D eigenvalue weighted by Gasteiger charge is 2.00. The quantitative estimate of drug-likeness (QED) is 0.532. The van der Waals surface area contributed by atoms with E-state index in [0.29, 0.717) is 5.56 Å². The SMILES string of the molecule is CCCCC#Cc1ccc(F)c(C#N)c1. The minimum absolute atomic E-state index is 0.0530. The van der Waals surface area contributed by atoms with Gasteiger partial charge in [0.1, 0.15) is 11.9 Å². The Balaban J connectivity index is 2.78. The van der Waals surface area contributed by atoms with E-state index in [1.807, 2.05) is 0 Å². The minimum Gasteiger partial charge on any atom is -0.206 e. The van der Waals surface area contributed by atoms with Crippen molar-refractivity contribution in [3.8, 4) is 17.9 Å². The molecule has 0 bridgehead atoms. The van der Waals surface area contributed by atoms with E-state index in [0.717, 1.165) is 19.3 Å². The van der Waals surface area contributed by atoms with Gasteiger partial charge in [0.2, 0.25) is 0 Å². The van der Waals surface area contributed by atoms with Crippen molar-refractivity contribution in [2.45, 2.75) is 26.2 Å². The van der Waals surface area contributed by atoms with Gasteiger partial charge in [-0.25, -0.2) is 4.39 Å². The van der Waals surface area contributed by atoms with E-state index in [1.54, 1.807) is 12.1 Å². The summed E-state index contributed by atoms with van der Waals surface area (Å²) in [6.07, 6.45) is 3.02. The van der Waals surface area contributed by atoms with Crippen LogP contribution in [0.4, 0.5) is 4.39 Å². The first kappa shape index (κ1) is 11.3. The number of unbranched alkanes of at least 4 members (excludes halogenated alkanes) is 2. The molecule has 2 heteroatoms. The number of nitriles is 1. The van der Waals surface area contributed by atoms with Crippen LogP contribution in [0.3, 0.4) is 0 Å². The molecule has 0 saturated carbocycles. The molecule has 1 aromatic carbocycles. The van der Waals surface area contributed by atoms with Gasteiger partial charge in [-0.15, -0.1) is 0 Å². The van der Waals surface area contributed by atoms with Crippen LogP contribution >= 0.6 is 0 Å². The first-order chi connectivity index (χ1) is 7.27. The molecule has 0 aromatic heterocycles. The Hall–Kier alpha value is -1.80. The highest BCUT2D eigenvalue weighted by molar-refractivity contribution is 5.42. The molecule has 0 radical (unpaired) electrons. The summed E-state index contributed by atoms with van der Waals surface area (Å²) in [7, 11) is 0. The van der Waals surface area contributed by atoms with Crippen molar-refractivity contribution in [1.29, 1.82) is 5.26 Å². The lowest BCUT2D eigenvalue weighted by Crippen LogP contribution is -1.84. The largest absolute Gasteiger partial charge is 0.206 e. The van der Waals surface area contributed by atoms with Crippen LogP contribution in [0.5, 0.6) is 0 Å². The van der Waals surface area contributed by atoms with Gasteiger partial charge >= 0.3 is 0 Å². The Labute approximate surface area is 89.5 Å². The molecule has 1 nitrogen and oxygen atoms in total. The van der Waals surface area contributed by atoms with Crippen molar-refractivity contribution in [3.05, 3.63) is 35.1 Å². The van der Waals surface area contributed by atoms with Crippen LogP contribution < -0.4 is 0 Å². The molecule has 1 rings (SSSR count). The predicted octanol–water partition coefficient (Wildman–Crippen LogP) is 3.24. The van der Waals surface area contributed by atoms with Crippen LogP contribution in [0.25, 0.3) is 0 Å². The van der Waals surface area contributed by atoms with E-state index in [4.69, 9.17) is 5.26 Å². The normalized spacial score (nSPS) is 8.87. The van der Waals surface area contributed by atoms with Crippen molar-refractivity contribution >= 4 is 0 Å². The lowest BCUT2D eigenvalue weighted by molar-refractivity contribution is 0.624. The molecule has 0 heterocycles. The lowest BCUT2D eigenvalue weighted by Gasteiger charge is -1.93. The molecule has 1 aromatic rings. The van der Waals surface area contributed by atoms with Gasteiger partial charge in [-0.1, -0.05) is 25.2 Å². The zero-order valence-electron chi connectivity index (χ0n) is 8.68. The molecule has 0 aliphatic carbocycles. The van der Waals surface area contributed by atoms with Crippen molar-refractivity contribution in [2.75, 3.05) is 0 Å². The second kappa shape index (κ2) is 5.83. The fraction of sp³-hybridized carbons (Fsp3) is 0.308. The number of halogens is 1. The van der Waals surface area contributed by atoms with Crippen molar-refractivity contribution in [3.63, 3.8) is 0 Å². The Morgan fingerprint density at radius 3 is 2.87 bits per heavy atom. The maximum absolute atomic E-state index is 12.9. The molecule has 0 unspecified atom stereocenters. The zero-order chi connectivity index (χ0) is 11.1. The third kappa shape index (κ3) is 3.44. The van der Waals surface area contributed by atoms with Crippen LogP contribution in [-0.2, 0) is 0 Å². The van der Waals surface area contributed by atoms with Crippen LogP contribution in [-0.4, -0.2) is 0 Å². The molecule has 76 valence electrons.